The summed E-state index contributed by atoms with van der Waals surface area (Å²) in [5, 5.41) is 4.59. The predicted octanol–water partition coefficient (Wildman–Crippen LogP) is 1.50. The van der Waals surface area contributed by atoms with Crippen LogP contribution in [-0.4, -0.2) is 27.4 Å². The van der Waals surface area contributed by atoms with E-state index in [1.807, 2.05) is 0 Å². The Morgan fingerprint density at radius 3 is 2.40 bits per heavy atom. The molecule has 0 amide bonds. The topological polar surface area (TPSA) is 15.3 Å². The smallest absolute Gasteiger partial charge is 0.417 e. The summed E-state index contributed by atoms with van der Waals surface area (Å²) in [6.45, 7) is 7.48. The van der Waals surface area contributed by atoms with Crippen molar-refractivity contribution in [2.24, 2.45) is 0 Å². The van der Waals surface area contributed by atoms with Crippen molar-refractivity contribution in [1.29, 1.82) is 0 Å². The van der Waals surface area contributed by atoms with Crippen LogP contribution in [0.25, 0.3) is 10.8 Å². The molecule has 1 heterocycles. The van der Waals surface area contributed by atoms with Crippen molar-refractivity contribution >= 4 is 29.9 Å². The first-order valence-electron chi connectivity index (χ1n) is 9.87. The Morgan fingerprint density at radius 1 is 1.00 bits per heavy atom. The van der Waals surface area contributed by atoms with Crippen LogP contribution >= 0.6 is 0 Å². The fourth-order valence-corrected chi connectivity index (χ4v) is 7.66. The maximum absolute atomic E-state index is 4.13. The summed E-state index contributed by atoms with van der Waals surface area (Å²) in [7, 11) is -1.64. The van der Waals surface area contributed by atoms with E-state index in [0.717, 1.165) is 6.04 Å². The van der Waals surface area contributed by atoms with Gasteiger partial charge in [0.1, 0.15) is 8.24 Å². The van der Waals surface area contributed by atoms with Crippen molar-refractivity contribution in [3.05, 3.63) is 30.3 Å². The number of anilines is 1. The van der Waals surface area contributed by atoms with Gasteiger partial charge in [-0.25, -0.2) is 0 Å². The first kappa shape index (κ1) is 19.2. The van der Waals surface area contributed by atoms with Gasteiger partial charge in [0.2, 0.25) is 0 Å². The van der Waals surface area contributed by atoms with Gasteiger partial charge in [-0.1, -0.05) is 44.1 Å². The Morgan fingerprint density at radius 2 is 1.68 bits per heavy atom. The second-order valence-corrected chi connectivity index (χ2v) is 12.4. The van der Waals surface area contributed by atoms with Crippen LogP contribution in [0.1, 0.15) is 44.9 Å². The molecule has 2 nitrogen and oxygen atoms in total. The van der Waals surface area contributed by atoms with Crippen LogP contribution in [0.5, 0.6) is 0 Å². The second kappa shape index (κ2) is 7.97. The standard InChI is InChI=1S/C21H31N2Si.Li/c1-24(2,22-17-10-4-3-5-11-17)21-16-20(23-14-8-9-15-23)18-12-6-7-13-19(18)21;/h6-7,12-13,16-17,22H,3-5,8-11,14-15H2,1-2H3;/q-1;+1. The van der Waals surface area contributed by atoms with Crippen molar-refractivity contribution in [3.63, 3.8) is 0 Å². The number of nitrogens with one attached hydrogen (secondary N) is 1. The molecule has 2 fully saturated rings. The minimum atomic E-state index is -1.64. The Hall–Kier alpha value is -0.596. The molecule has 2 aliphatic rings. The predicted molar refractivity (Wildman–Crippen MR) is 108 cm³/mol. The van der Waals surface area contributed by atoms with Crippen molar-refractivity contribution < 1.29 is 18.9 Å². The van der Waals surface area contributed by atoms with E-state index in [0.29, 0.717) is 0 Å². The molecule has 1 aliphatic carbocycles. The molecule has 1 aliphatic heterocycles. The Balaban J connectivity index is 0.00000182. The fourth-order valence-electron chi connectivity index (χ4n) is 4.81. The molecule has 1 saturated carbocycles. The minimum Gasteiger partial charge on any atom is -0.417 e. The zero-order valence-electron chi connectivity index (χ0n) is 16.3. The first-order chi connectivity index (χ1) is 11.6. The van der Waals surface area contributed by atoms with E-state index in [4.69, 9.17) is 0 Å². The Labute approximate surface area is 166 Å². The van der Waals surface area contributed by atoms with E-state index < -0.39 is 8.24 Å². The molecular weight excluding hydrogens is 315 g/mol. The zero-order valence-corrected chi connectivity index (χ0v) is 17.3. The van der Waals surface area contributed by atoms with E-state index in [9.17, 15) is 0 Å². The number of hydrogen-bond acceptors (Lipinski definition) is 2. The summed E-state index contributed by atoms with van der Waals surface area (Å²) in [4.78, 5) is 6.74. The van der Waals surface area contributed by atoms with Crippen LogP contribution in [-0.2, 0) is 0 Å². The third-order valence-electron chi connectivity index (χ3n) is 6.06. The molecule has 0 bridgehead atoms. The van der Waals surface area contributed by atoms with Crippen molar-refractivity contribution in [2.45, 2.75) is 64.1 Å². The fraction of sp³-hybridized carbons (Fsp3) is 0.571. The number of hydrogen-bond donors (Lipinski definition) is 1. The molecule has 2 aromatic rings. The Bertz CT molecular complexity index is 697. The third kappa shape index (κ3) is 3.90. The van der Waals surface area contributed by atoms with Crippen LogP contribution < -0.4 is 33.9 Å². The quantitative estimate of drug-likeness (QED) is 0.667. The summed E-state index contributed by atoms with van der Waals surface area (Å²) in [6.07, 6.45) is 9.67. The summed E-state index contributed by atoms with van der Waals surface area (Å²) in [5.74, 6) is 0. The molecule has 1 saturated heterocycles. The van der Waals surface area contributed by atoms with Gasteiger partial charge in [0.15, 0.2) is 0 Å². The average Bonchev–Trinajstić information content (AvgIpc) is 3.23. The summed E-state index contributed by atoms with van der Waals surface area (Å²) >= 11 is 0. The molecule has 4 rings (SSSR count). The molecule has 25 heavy (non-hydrogen) atoms. The first-order valence-corrected chi connectivity index (χ1v) is 12.9. The molecule has 0 unspecified atom stereocenters. The van der Waals surface area contributed by atoms with Gasteiger partial charge in [0.25, 0.3) is 0 Å². The monoisotopic (exact) mass is 346 g/mol. The molecule has 130 valence electrons. The van der Waals surface area contributed by atoms with Gasteiger partial charge in [0, 0.05) is 19.1 Å². The van der Waals surface area contributed by atoms with Gasteiger partial charge >= 0.3 is 18.9 Å². The van der Waals surface area contributed by atoms with Gasteiger partial charge in [-0.15, -0.1) is 40.2 Å². The molecule has 4 heteroatoms. The van der Waals surface area contributed by atoms with Crippen LogP contribution in [0.15, 0.2) is 30.3 Å². The average molecular weight is 347 g/mol. The van der Waals surface area contributed by atoms with E-state index in [-0.39, 0.29) is 18.9 Å². The molecule has 0 radical (unpaired) electrons. The molecule has 0 aromatic heterocycles. The summed E-state index contributed by atoms with van der Waals surface area (Å²) in [5.41, 5.74) is 1.49. The van der Waals surface area contributed by atoms with E-state index >= 15 is 0 Å². The van der Waals surface area contributed by atoms with Gasteiger partial charge in [0.05, 0.1) is 0 Å². The zero-order chi connectivity index (χ0) is 16.6. The van der Waals surface area contributed by atoms with E-state index in [1.54, 1.807) is 5.19 Å². The number of benzene rings is 1. The maximum Gasteiger partial charge on any atom is 1.00 e. The van der Waals surface area contributed by atoms with E-state index in [1.165, 1.54) is 74.5 Å². The normalized spacial score (nSPS) is 19.4. The van der Waals surface area contributed by atoms with Gasteiger partial charge in [-0.05, 0) is 25.7 Å². The molecule has 0 spiro atoms. The van der Waals surface area contributed by atoms with Gasteiger partial charge in [-0.2, -0.15) is 0 Å². The summed E-state index contributed by atoms with van der Waals surface area (Å²) in [6, 6.07) is 12.4. The molecule has 0 atom stereocenters. The molecular formula is C21H31LiN2Si. The van der Waals surface area contributed by atoms with Gasteiger partial charge in [-0.3, -0.25) is 0 Å². The van der Waals surface area contributed by atoms with Crippen LogP contribution in [0.4, 0.5) is 5.69 Å². The third-order valence-corrected chi connectivity index (χ3v) is 8.95. The van der Waals surface area contributed by atoms with Crippen LogP contribution in [0.2, 0.25) is 13.1 Å². The van der Waals surface area contributed by atoms with E-state index in [2.05, 4.69) is 53.3 Å². The molecule has 1 N–H and O–H groups in total. The van der Waals surface area contributed by atoms with Crippen LogP contribution in [0.3, 0.4) is 0 Å². The van der Waals surface area contributed by atoms with Crippen molar-refractivity contribution in [3.8, 4) is 0 Å². The largest absolute Gasteiger partial charge is 1.00 e. The van der Waals surface area contributed by atoms with Crippen molar-refractivity contribution in [1.82, 2.24) is 4.98 Å². The number of nitrogens with zero attached hydrogens (tertiary/aromatic N) is 1. The summed E-state index contributed by atoms with van der Waals surface area (Å²) < 4.78 is 0. The second-order valence-electron chi connectivity index (χ2n) is 8.29. The number of rotatable bonds is 4. The number of fused-ring (bicyclic) bond motifs is 1. The van der Waals surface area contributed by atoms with Crippen molar-refractivity contribution in [2.75, 3.05) is 18.0 Å². The Kier molecular flexibility index (Phi) is 6.11. The molecule has 2 aromatic carbocycles. The maximum atomic E-state index is 4.13. The minimum absolute atomic E-state index is 0. The van der Waals surface area contributed by atoms with Crippen LogP contribution in [0, 0.1) is 0 Å². The van der Waals surface area contributed by atoms with Gasteiger partial charge < -0.3 is 9.88 Å². The SMILES string of the molecule is C[Si](C)(NC1CCCCC1)[c-]1cc(N2CCCC2)c2ccccc21.[Li+].